The van der Waals surface area contributed by atoms with E-state index in [4.69, 9.17) is 4.42 Å². The van der Waals surface area contributed by atoms with Gasteiger partial charge in [0.15, 0.2) is 0 Å². The summed E-state index contributed by atoms with van der Waals surface area (Å²) in [6.07, 6.45) is 6.03. The molecule has 3 unspecified atom stereocenters. The van der Waals surface area contributed by atoms with Gasteiger partial charge in [-0.1, -0.05) is 35.4 Å². The number of anilines is 1. The number of hydrogen-bond acceptors (Lipinski definition) is 5. The third-order valence-electron chi connectivity index (χ3n) is 6.58. The molecule has 2 aromatic rings. The molecule has 5 rings (SSSR count). The Morgan fingerprint density at radius 1 is 1.15 bits per heavy atom. The normalized spacial score (nSPS) is 26.6. The van der Waals surface area contributed by atoms with Crippen LogP contribution in [0, 0.1) is 5.41 Å². The third-order valence-corrected chi connectivity index (χ3v) is 6.58. The Morgan fingerprint density at radius 3 is 2.59 bits per heavy atom. The molecule has 27 heavy (non-hydrogen) atoms. The van der Waals surface area contributed by atoms with Gasteiger partial charge in [-0.2, -0.15) is 0 Å². The summed E-state index contributed by atoms with van der Waals surface area (Å²) in [5.41, 5.74) is 1.89. The minimum absolute atomic E-state index is 0.124. The predicted octanol–water partition coefficient (Wildman–Crippen LogP) is 3.54. The molecule has 1 N–H and O–H groups in total. The highest BCUT2D eigenvalue weighted by Gasteiger charge is 2.46. The number of amides is 1. The lowest BCUT2D eigenvalue weighted by molar-refractivity contribution is -0.133. The number of carbonyl (C=O) groups is 1. The summed E-state index contributed by atoms with van der Waals surface area (Å²) in [5, 5.41) is 11.4. The molecule has 3 atom stereocenters. The van der Waals surface area contributed by atoms with E-state index in [-0.39, 0.29) is 11.9 Å². The fourth-order valence-corrected chi connectivity index (χ4v) is 4.38. The Balaban J connectivity index is 1.17. The van der Waals surface area contributed by atoms with Gasteiger partial charge in [0.25, 0.3) is 0 Å². The summed E-state index contributed by atoms with van der Waals surface area (Å²) in [4.78, 5) is 14.7. The van der Waals surface area contributed by atoms with Crippen LogP contribution in [0.1, 0.15) is 62.3 Å². The summed E-state index contributed by atoms with van der Waals surface area (Å²) < 4.78 is 5.81. The number of rotatable bonds is 5. The van der Waals surface area contributed by atoms with Gasteiger partial charge in [0.1, 0.15) is 6.04 Å². The smallest absolute Gasteiger partial charge is 0.316 e. The molecule has 6 heteroatoms. The van der Waals surface area contributed by atoms with Crippen molar-refractivity contribution in [1.29, 1.82) is 0 Å². The molecule has 2 aliphatic carbocycles. The van der Waals surface area contributed by atoms with Crippen molar-refractivity contribution in [3.05, 3.63) is 41.8 Å². The van der Waals surface area contributed by atoms with Gasteiger partial charge in [0.05, 0.1) is 0 Å². The van der Waals surface area contributed by atoms with Crippen molar-refractivity contribution in [2.24, 2.45) is 5.41 Å². The SMILES string of the molecule is CC(Nc1nnc(C2CC2c2ccccc2)o1)C(=O)N1CCC2(CC1)CC2. The standard InChI is InChI=1S/C21H26N4O2/c1-14(19(26)25-11-9-21(7-8-21)10-12-25)22-20-24-23-18(27-20)17-13-16(17)15-5-3-2-4-6-15/h2-6,14,16-17H,7-13H2,1H3,(H,22,24). The topological polar surface area (TPSA) is 71.3 Å². The van der Waals surface area contributed by atoms with E-state index in [1.807, 2.05) is 17.9 Å². The second-order valence-electron chi connectivity index (χ2n) is 8.50. The molecule has 1 aliphatic heterocycles. The van der Waals surface area contributed by atoms with Crippen LogP contribution < -0.4 is 5.32 Å². The van der Waals surface area contributed by atoms with E-state index in [2.05, 4.69) is 39.8 Å². The van der Waals surface area contributed by atoms with Gasteiger partial charge in [-0.05, 0) is 55.9 Å². The monoisotopic (exact) mass is 366 g/mol. The van der Waals surface area contributed by atoms with Crippen LogP contribution in [0.2, 0.25) is 0 Å². The Labute approximate surface area is 159 Å². The molecule has 1 aromatic carbocycles. The van der Waals surface area contributed by atoms with Crippen molar-refractivity contribution in [2.75, 3.05) is 18.4 Å². The molecule has 2 heterocycles. The van der Waals surface area contributed by atoms with Crippen LogP contribution >= 0.6 is 0 Å². The lowest BCUT2D eigenvalue weighted by atomic mass is 9.93. The number of nitrogens with zero attached hydrogens (tertiary/aromatic N) is 3. The van der Waals surface area contributed by atoms with Crippen LogP contribution in [-0.2, 0) is 4.79 Å². The summed E-state index contributed by atoms with van der Waals surface area (Å²) in [6, 6.07) is 10.4. The van der Waals surface area contributed by atoms with Crippen molar-refractivity contribution in [3.8, 4) is 0 Å². The highest BCUT2D eigenvalue weighted by molar-refractivity contribution is 5.83. The average Bonchev–Trinajstić information content (AvgIpc) is 3.61. The molecule has 6 nitrogen and oxygen atoms in total. The van der Waals surface area contributed by atoms with Gasteiger partial charge >= 0.3 is 6.01 Å². The van der Waals surface area contributed by atoms with E-state index >= 15 is 0 Å². The van der Waals surface area contributed by atoms with Crippen LogP contribution in [0.3, 0.4) is 0 Å². The van der Waals surface area contributed by atoms with Crippen molar-refractivity contribution < 1.29 is 9.21 Å². The van der Waals surface area contributed by atoms with Gasteiger partial charge in [-0.3, -0.25) is 4.79 Å². The molecule has 0 bridgehead atoms. The lowest BCUT2D eigenvalue weighted by Gasteiger charge is -2.33. The van der Waals surface area contributed by atoms with Gasteiger partial charge in [-0.25, -0.2) is 0 Å². The van der Waals surface area contributed by atoms with E-state index in [1.165, 1.54) is 18.4 Å². The van der Waals surface area contributed by atoms with Crippen LogP contribution in [-0.4, -0.2) is 40.1 Å². The average molecular weight is 366 g/mol. The second kappa shape index (κ2) is 6.36. The number of aromatic nitrogens is 2. The first-order valence-electron chi connectivity index (χ1n) is 10.1. The molecule has 1 spiro atoms. The van der Waals surface area contributed by atoms with Crippen molar-refractivity contribution >= 4 is 11.9 Å². The van der Waals surface area contributed by atoms with E-state index in [0.717, 1.165) is 32.4 Å². The van der Waals surface area contributed by atoms with E-state index in [0.29, 0.717) is 29.2 Å². The second-order valence-corrected chi connectivity index (χ2v) is 8.50. The number of carbonyl (C=O) groups excluding carboxylic acids is 1. The van der Waals surface area contributed by atoms with Crippen LogP contribution in [0.5, 0.6) is 0 Å². The Hall–Kier alpha value is -2.37. The fraction of sp³-hybridized carbons (Fsp3) is 0.571. The molecule has 0 radical (unpaired) electrons. The molecule has 1 saturated heterocycles. The number of benzene rings is 1. The highest BCUT2D eigenvalue weighted by atomic mass is 16.4. The van der Waals surface area contributed by atoms with E-state index in [1.54, 1.807) is 0 Å². The minimum atomic E-state index is -0.351. The highest BCUT2D eigenvalue weighted by Crippen LogP contribution is 2.54. The molecule has 3 fully saturated rings. The molecule has 3 aliphatic rings. The fourth-order valence-electron chi connectivity index (χ4n) is 4.38. The van der Waals surface area contributed by atoms with Gasteiger partial charge in [0.2, 0.25) is 11.8 Å². The largest absolute Gasteiger partial charge is 0.408 e. The number of hydrogen-bond donors (Lipinski definition) is 1. The summed E-state index contributed by atoms with van der Waals surface area (Å²) in [7, 11) is 0. The zero-order chi connectivity index (χ0) is 18.4. The molecule has 1 amide bonds. The number of likely N-dealkylation sites (tertiary alicyclic amines) is 1. The number of piperidine rings is 1. The third kappa shape index (κ3) is 3.33. The predicted molar refractivity (Wildman–Crippen MR) is 101 cm³/mol. The van der Waals surface area contributed by atoms with Crippen LogP contribution in [0.15, 0.2) is 34.7 Å². The quantitative estimate of drug-likeness (QED) is 0.876. The van der Waals surface area contributed by atoms with Crippen LogP contribution in [0.25, 0.3) is 0 Å². The first-order chi connectivity index (χ1) is 13.1. The van der Waals surface area contributed by atoms with Gasteiger partial charge in [0, 0.05) is 19.0 Å². The molecular weight excluding hydrogens is 340 g/mol. The van der Waals surface area contributed by atoms with Crippen molar-refractivity contribution in [1.82, 2.24) is 15.1 Å². The maximum atomic E-state index is 12.7. The maximum absolute atomic E-state index is 12.7. The van der Waals surface area contributed by atoms with E-state index < -0.39 is 0 Å². The van der Waals surface area contributed by atoms with Crippen molar-refractivity contribution in [2.45, 2.75) is 56.9 Å². The first kappa shape index (κ1) is 16.8. The maximum Gasteiger partial charge on any atom is 0.316 e. The Morgan fingerprint density at radius 2 is 1.89 bits per heavy atom. The van der Waals surface area contributed by atoms with E-state index in [9.17, 15) is 4.79 Å². The molecule has 1 aromatic heterocycles. The lowest BCUT2D eigenvalue weighted by Crippen LogP contribution is -2.45. The Kier molecular flexibility index (Phi) is 3.95. The summed E-state index contributed by atoms with van der Waals surface area (Å²) >= 11 is 0. The molecular formula is C21H26N4O2. The molecule has 2 saturated carbocycles. The summed E-state index contributed by atoms with van der Waals surface area (Å²) in [6.45, 7) is 3.62. The zero-order valence-electron chi connectivity index (χ0n) is 15.7. The minimum Gasteiger partial charge on any atom is -0.408 e. The van der Waals surface area contributed by atoms with Gasteiger partial charge in [-0.15, -0.1) is 5.10 Å². The summed E-state index contributed by atoms with van der Waals surface area (Å²) in [5.74, 6) is 1.54. The van der Waals surface area contributed by atoms with Gasteiger partial charge < -0.3 is 14.6 Å². The number of nitrogens with one attached hydrogen (secondary N) is 1. The molecule has 142 valence electrons. The first-order valence-corrected chi connectivity index (χ1v) is 10.1. The van der Waals surface area contributed by atoms with Crippen LogP contribution in [0.4, 0.5) is 6.01 Å². The van der Waals surface area contributed by atoms with Crippen molar-refractivity contribution in [3.63, 3.8) is 0 Å². The Bertz CT molecular complexity index is 820. The zero-order valence-corrected chi connectivity index (χ0v) is 15.7.